The number of carbonyl (C=O) groups is 1. The molecule has 208 valence electrons. The van der Waals surface area contributed by atoms with Crippen LogP contribution in [0.5, 0.6) is 11.5 Å². The first-order valence-electron chi connectivity index (χ1n) is 13.9. The highest BCUT2D eigenvalue weighted by molar-refractivity contribution is 7.89. The third kappa shape index (κ3) is 5.47. The van der Waals surface area contributed by atoms with E-state index in [1.54, 1.807) is 17.1 Å². The van der Waals surface area contributed by atoms with E-state index < -0.39 is 10.0 Å². The largest absolute Gasteiger partial charge is 0.490 e. The third-order valence-electron chi connectivity index (χ3n) is 7.81. The Labute approximate surface area is 231 Å². The van der Waals surface area contributed by atoms with Crippen LogP contribution in [0.4, 0.5) is 0 Å². The first-order chi connectivity index (χ1) is 18.8. The monoisotopic (exact) mass is 551 g/mol. The van der Waals surface area contributed by atoms with Gasteiger partial charge in [-0.05, 0) is 76.8 Å². The summed E-state index contributed by atoms with van der Waals surface area (Å²) in [5, 5.41) is 6.63. The van der Waals surface area contributed by atoms with Crippen LogP contribution in [0.3, 0.4) is 0 Å². The molecule has 5 rings (SSSR count). The van der Waals surface area contributed by atoms with E-state index in [0.717, 1.165) is 23.3 Å². The van der Waals surface area contributed by atoms with Gasteiger partial charge in [-0.2, -0.15) is 9.41 Å². The van der Waals surface area contributed by atoms with Gasteiger partial charge < -0.3 is 9.47 Å². The lowest BCUT2D eigenvalue weighted by atomic mass is 9.76. The Kier molecular flexibility index (Phi) is 8.09. The van der Waals surface area contributed by atoms with Crippen LogP contribution in [0.15, 0.2) is 64.6 Å². The lowest BCUT2D eigenvalue weighted by Gasteiger charge is -2.42. The standard InChI is InChI=1S/C30H37N3O5S/c1-4-37-27-15-12-22(20-28(27)38-5-2)29-25-8-6-7-9-26(25)30(34)33(31-29)23-16-18-32(19-17-23)39(35,36)24-13-10-21(3)11-14-24/h6-7,10-15,20,23,25-26H,4-5,8-9,16-19H2,1-3H3. The molecule has 2 unspecified atom stereocenters. The zero-order valence-corrected chi connectivity index (χ0v) is 23.7. The normalized spacial score (nSPS) is 22.4. The van der Waals surface area contributed by atoms with Gasteiger partial charge in [0.1, 0.15) is 0 Å². The van der Waals surface area contributed by atoms with Crippen LogP contribution in [0, 0.1) is 18.8 Å². The molecule has 1 amide bonds. The molecule has 3 aliphatic rings. The highest BCUT2D eigenvalue weighted by atomic mass is 32.2. The van der Waals surface area contributed by atoms with Crippen molar-refractivity contribution in [2.45, 2.75) is 57.4 Å². The highest BCUT2D eigenvalue weighted by Crippen LogP contribution is 2.38. The van der Waals surface area contributed by atoms with Gasteiger partial charge >= 0.3 is 0 Å². The molecule has 2 aromatic rings. The van der Waals surface area contributed by atoms with Gasteiger partial charge in [0, 0.05) is 24.6 Å². The summed E-state index contributed by atoms with van der Waals surface area (Å²) < 4.78 is 39.6. The molecule has 2 aliphatic heterocycles. The van der Waals surface area contributed by atoms with Crippen molar-refractivity contribution in [3.05, 3.63) is 65.7 Å². The molecule has 0 N–H and O–H groups in total. The lowest BCUT2D eigenvalue weighted by molar-refractivity contribution is -0.141. The maximum atomic E-state index is 13.7. The molecule has 2 heterocycles. The van der Waals surface area contributed by atoms with E-state index in [2.05, 4.69) is 12.2 Å². The molecular weight excluding hydrogens is 514 g/mol. The van der Waals surface area contributed by atoms with Crippen molar-refractivity contribution in [1.29, 1.82) is 0 Å². The molecule has 0 aromatic heterocycles. The van der Waals surface area contributed by atoms with Crippen LogP contribution in [0.1, 0.15) is 50.7 Å². The molecule has 0 bridgehead atoms. The van der Waals surface area contributed by atoms with E-state index in [1.165, 1.54) is 4.31 Å². The van der Waals surface area contributed by atoms with Crippen LogP contribution in [0.25, 0.3) is 0 Å². The second-order valence-corrected chi connectivity index (χ2v) is 12.2. The average Bonchev–Trinajstić information content (AvgIpc) is 2.95. The van der Waals surface area contributed by atoms with Gasteiger partial charge in [0.2, 0.25) is 15.9 Å². The Bertz CT molecular complexity index is 1360. The summed E-state index contributed by atoms with van der Waals surface area (Å²) in [6.45, 7) is 7.56. The van der Waals surface area contributed by atoms with E-state index in [-0.39, 0.29) is 23.8 Å². The maximum Gasteiger partial charge on any atom is 0.247 e. The number of hydrogen-bond donors (Lipinski definition) is 0. The van der Waals surface area contributed by atoms with Gasteiger partial charge in [-0.3, -0.25) is 4.79 Å². The Morgan fingerprint density at radius 2 is 1.54 bits per heavy atom. The quantitative estimate of drug-likeness (QED) is 0.441. The number of amides is 1. The smallest absolute Gasteiger partial charge is 0.247 e. The van der Waals surface area contributed by atoms with Crippen molar-refractivity contribution in [2.24, 2.45) is 16.9 Å². The number of rotatable bonds is 8. The van der Waals surface area contributed by atoms with Crippen molar-refractivity contribution in [2.75, 3.05) is 26.3 Å². The summed E-state index contributed by atoms with van der Waals surface area (Å²) in [4.78, 5) is 14.0. The highest BCUT2D eigenvalue weighted by Gasteiger charge is 2.43. The molecule has 2 atom stereocenters. The molecule has 8 nitrogen and oxygen atoms in total. The first-order valence-corrected chi connectivity index (χ1v) is 15.3. The number of carbonyl (C=O) groups excluding carboxylic acids is 1. The predicted octanol–water partition coefficient (Wildman–Crippen LogP) is 4.77. The SMILES string of the molecule is CCOc1ccc(C2=NN(C3CCN(S(=O)(=O)c4ccc(C)cc4)CC3)C(=O)C3CC=CCC23)cc1OCC. The van der Waals surface area contributed by atoms with Crippen LogP contribution < -0.4 is 9.47 Å². The van der Waals surface area contributed by atoms with Crippen LogP contribution in [-0.2, 0) is 14.8 Å². The fraction of sp³-hybridized carbons (Fsp3) is 0.467. The number of fused-ring (bicyclic) bond motifs is 1. The topological polar surface area (TPSA) is 88.5 Å². The summed E-state index contributed by atoms with van der Waals surface area (Å²) in [6.07, 6.45) is 6.72. The van der Waals surface area contributed by atoms with Crippen molar-refractivity contribution in [3.63, 3.8) is 0 Å². The number of sulfonamides is 1. The van der Waals surface area contributed by atoms with Crippen molar-refractivity contribution in [3.8, 4) is 11.5 Å². The summed E-state index contributed by atoms with van der Waals surface area (Å²) in [5.41, 5.74) is 2.81. The number of piperidine rings is 1. The number of allylic oxidation sites excluding steroid dienone is 2. The van der Waals surface area contributed by atoms with E-state index in [1.807, 2.05) is 51.1 Å². The van der Waals surface area contributed by atoms with Crippen molar-refractivity contribution in [1.82, 2.24) is 9.31 Å². The number of hydrazone groups is 1. The van der Waals surface area contributed by atoms with E-state index in [0.29, 0.717) is 62.0 Å². The maximum absolute atomic E-state index is 13.7. The number of aryl methyl sites for hydroxylation is 1. The molecule has 2 aromatic carbocycles. The van der Waals surface area contributed by atoms with Gasteiger partial charge in [-0.1, -0.05) is 29.8 Å². The second-order valence-electron chi connectivity index (χ2n) is 10.3. The lowest BCUT2D eigenvalue weighted by Crippen LogP contribution is -2.52. The zero-order chi connectivity index (χ0) is 27.6. The predicted molar refractivity (Wildman–Crippen MR) is 150 cm³/mol. The molecule has 0 radical (unpaired) electrons. The fourth-order valence-corrected chi connectivity index (χ4v) is 7.20. The molecule has 0 spiro atoms. The summed E-state index contributed by atoms with van der Waals surface area (Å²) >= 11 is 0. The van der Waals surface area contributed by atoms with Gasteiger partial charge in [0.05, 0.1) is 35.8 Å². The van der Waals surface area contributed by atoms with Crippen LogP contribution in [-0.4, -0.2) is 61.7 Å². The van der Waals surface area contributed by atoms with Crippen molar-refractivity contribution >= 4 is 21.6 Å². The van der Waals surface area contributed by atoms with E-state index in [9.17, 15) is 13.2 Å². The van der Waals surface area contributed by atoms with Gasteiger partial charge in [0.15, 0.2) is 11.5 Å². The minimum Gasteiger partial charge on any atom is -0.490 e. The summed E-state index contributed by atoms with van der Waals surface area (Å²) in [6, 6.07) is 12.7. The Hall–Kier alpha value is -3.17. The minimum absolute atomic E-state index is 0.00632. The van der Waals surface area contributed by atoms with Gasteiger partial charge in [0.25, 0.3) is 0 Å². The van der Waals surface area contributed by atoms with Gasteiger partial charge in [-0.25, -0.2) is 13.4 Å². The minimum atomic E-state index is -3.58. The number of nitrogens with zero attached hydrogens (tertiary/aromatic N) is 3. The average molecular weight is 552 g/mol. The van der Waals surface area contributed by atoms with E-state index in [4.69, 9.17) is 14.6 Å². The van der Waals surface area contributed by atoms with E-state index >= 15 is 0 Å². The number of hydrogen-bond acceptors (Lipinski definition) is 6. The first kappa shape index (κ1) is 27.4. The second kappa shape index (κ2) is 11.5. The Morgan fingerprint density at radius 1 is 0.897 bits per heavy atom. The number of benzene rings is 2. The van der Waals surface area contributed by atoms with Crippen molar-refractivity contribution < 1.29 is 22.7 Å². The Morgan fingerprint density at radius 3 is 2.21 bits per heavy atom. The molecule has 9 heteroatoms. The number of ether oxygens (including phenoxy) is 2. The fourth-order valence-electron chi connectivity index (χ4n) is 5.73. The summed E-state index contributed by atoms with van der Waals surface area (Å²) in [5.74, 6) is 1.20. The zero-order valence-electron chi connectivity index (χ0n) is 22.9. The summed E-state index contributed by atoms with van der Waals surface area (Å²) in [7, 11) is -3.58. The molecule has 1 aliphatic carbocycles. The molecule has 0 saturated carbocycles. The third-order valence-corrected chi connectivity index (χ3v) is 9.72. The molecule has 39 heavy (non-hydrogen) atoms. The molecular formula is C30H37N3O5S. The Balaban J connectivity index is 1.41. The van der Waals surface area contributed by atoms with Gasteiger partial charge in [-0.15, -0.1) is 0 Å². The van der Waals surface area contributed by atoms with Crippen LogP contribution >= 0.6 is 0 Å². The molecule has 1 fully saturated rings. The van der Waals surface area contributed by atoms with Crippen LogP contribution in [0.2, 0.25) is 0 Å². The molecule has 1 saturated heterocycles.